The number of nitrogens with two attached hydrogens (primary N) is 1. The van der Waals surface area contributed by atoms with E-state index in [9.17, 15) is 17.6 Å². The zero-order chi connectivity index (χ0) is 20.3. The number of hydrogen-bond donors (Lipinski definition) is 1. The van der Waals surface area contributed by atoms with Gasteiger partial charge in [-0.1, -0.05) is 59.0 Å². The van der Waals surface area contributed by atoms with Gasteiger partial charge in [-0.3, -0.25) is 0 Å². The molecular formula is C19H14F4IN3O. The van der Waals surface area contributed by atoms with Crippen molar-refractivity contribution in [2.24, 2.45) is 0 Å². The van der Waals surface area contributed by atoms with Gasteiger partial charge in [-0.15, -0.1) is 0 Å². The lowest BCUT2D eigenvalue weighted by atomic mass is 10.0. The van der Waals surface area contributed by atoms with Gasteiger partial charge < -0.3 is 10.5 Å². The van der Waals surface area contributed by atoms with E-state index < -0.39 is 18.1 Å². The molecule has 0 bridgehead atoms. The Bertz CT molecular complexity index is 964. The zero-order valence-electron chi connectivity index (χ0n) is 14.3. The van der Waals surface area contributed by atoms with Crippen LogP contribution in [0.25, 0.3) is 11.1 Å². The Morgan fingerprint density at radius 3 is 2.32 bits per heavy atom. The van der Waals surface area contributed by atoms with Gasteiger partial charge in [-0.25, -0.2) is 9.37 Å². The second-order valence-corrected chi connectivity index (χ2v) is 6.62. The third-order valence-electron chi connectivity index (χ3n) is 3.82. The maximum absolute atomic E-state index is 13.6. The highest BCUT2D eigenvalue weighted by Crippen LogP contribution is 2.37. The Balaban J connectivity index is 1.91. The molecule has 0 aliphatic rings. The number of nitrogens with zero attached hydrogens (tertiary/aromatic N) is 2. The molecule has 2 N–H and O–H groups in total. The molecule has 28 heavy (non-hydrogen) atoms. The smallest absolute Gasteiger partial charge is 0.429 e. The van der Waals surface area contributed by atoms with Gasteiger partial charge in [0.05, 0.1) is 5.69 Å². The highest BCUT2D eigenvalue weighted by Gasteiger charge is 2.43. The molecule has 0 radical (unpaired) electrons. The van der Waals surface area contributed by atoms with Gasteiger partial charge in [0.1, 0.15) is 5.82 Å². The number of aromatic nitrogens is 2. The maximum atomic E-state index is 13.6. The first kappa shape index (κ1) is 20.3. The lowest BCUT2D eigenvalue weighted by Gasteiger charge is -2.22. The fourth-order valence-electron chi connectivity index (χ4n) is 2.58. The first-order valence-corrected chi connectivity index (χ1v) is 9.57. The Morgan fingerprint density at radius 2 is 1.71 bits per heavy atom. The molecule has 0 saturated carbocycles. The Kier molecular flexibility index (Phi) is 6.01. The molecule has 9 heteroatoms. The van der Waals surface area contributed by atoms with Crippen LogP contribution >= 0.6 is 22.6 Å². The van der Waals surface area contributed by atoms with Crippen molar-refractivity contribution in [3.63, 3.8) is 0 Å². The third-order valence-corrected chi connectivity index (χ3v) is 4.60. The number of hydrogen-bond acceptors (Lipinski definition) is 4. The summed E-state index contributed by atoms with van der Waals surface area (Å²) in [6.45, 7) is 0. The first-order chi connectivity index (χ1) is 13.3. The topological polar surface area (TPSA) is 61.0 Å². The van der Waals surface area contributed by atoms with E-state index in [4.69, 9.17) is 10.5 Å². The van der Waals surface area contributed by atoms with Crippen LogP contribution in [0, 0.1) is 5.82 Å². The summed E-state index contributed by atoms with van der Waals surface area (Å²) in [6.07, 6.45) is -6.91. The Morgan fingerprint density at radius 1 is 1.00 bits per heavy atom. The molecule has 146 valence electrons. The van der Waals surface area contributed by atoms with Crippen molar-refractivity contribution in [3.05, 3.63) is 71.7 Å². The molecule has 2 aromatic carbocycles. The summed E-state index contributed by atoms with van der Waals surface area (Å²) < 4.78 is 59.7. The highest BCUT2D eigenvalue weighted by atomic mass is 127. The zero-order valence-corrected chi connectivity index (χ0v) is 16.4. The first-order valence-electron chi connectivity index (χ1n) is 8.05. The van der Waals surface area contributed by atoms with E-state index in [0.717, 1.165) is 0 Å². The summed E-state index contributed by atoms with van der Waals surface area (Å²) in [5.41, 5.74) is 7.04. The van der Waals surface area contributed by atoms with Crippen LogP contribution in [0.1, 0.15) is 17.4 Å². The van der Waals surface area contributed by atoms with Gasteiger partial charge >= 0.3 is 6.18 Å². The highest BCUT2D eigenvalue weighted by molar-refractivity contribution is 14.1. The average Bonchev–Trinajstić information content (AvgIpc) is 2.65. The molecule has 0 amide bonds. The van der Waals surface area contributed by atoms with E-state index in [-0.39, 0.29) is 17.4 Å². The van der Waals surface area contributed by atoms with Crippen molar-refractivity contribution in [2.45, 2.75) is 16.7 Å². The second kappa shape index (κ2) is 8.29. The minimum absolute atomic E-state index is 0.110. The van der Waals surface area contributed by atoms with E-state index >= 15 is 0 Å². The van der Waals surface area contributed by atoms with Crippen LogP contribution < -0.4 is 10.5 Å². The summed E-state index contributed by atoms with van der Waals surface area (Å²) in [5, 5.41) is 0. The van der Waals surface area contributed by atoms with Crippen LogP contribution in [0.15, 0.2) is 54.6 Å². The molecule has 1 heterocycles. The second-order valence-electron chi connectivity index (χ2n) is 5.86. The van der Waals surface area contributed by atoms with Gasteiger partial charge in [0.15, 0.2) is 0 Å². The molecule has 3 aromatic rings. The molecule has 1 unspecified atom stereocenters. The predicted molar refractivity (Wildman–Crippen MR) is 105 cm³/mol. The van der Waals surface area contributed by atoms with E-state index in [1.54, 1.807) is 6.07 Å². The Labute approximate surface area is 171 Å². The summed E-state index contributed by atoms with van der Waals surface area (Å²) in [5.74, 6) is -0.840. The van der Waals surface area contributed by atoms with Gasteiger partial charge in [0, 0.05) is 16.1 Å². The molecule has 1 atom stereocenters. The standard InChI is InChI=1S/C19H14F4IN3O/c20-14-3-1-2-13(8-14)11-4-6-12(7-5-11)17(19(21,22)23)28-16-9-15(10-24)26-18(25)27-16/h1-9,17H,10H2,(H2,25,26,27). The monoisotopic (exact) mass is 503 g/mol. The van der Waals surface area contributed by atoms with Crippen molar-refractivity contribution in [1.82, 2.24) is 9.97 Å². The van der Waals surface area contributed by atoms with Crippen molar-refractivity contribution < 1.29 is 22.3 Å². The van der Waals surface area contributed by atoms with Crippen LogP contribution in [0.4, 0.5) is 23.5 Å². The van der Waals surface area contributed by atoms with Crippen LogP contribution in [-0.2, 0) is 4.43 Å². The summed E-state index contributed by atoms with van der Waals surface area (Å²) in [4.78, 5) is 7.65. The molecule has 3 rings (SSSR count). The van der Waals surface area contributed by atoms with Crippen LogP contribution in [0.3, 0.4) is 0 Å². The molecular weight excluding hydrogens is 489 g/mol. The average molecular weight is 503 g/mol. The van der Waals surface area contributed by atoms with E-state index in [1.807, 2.05) is 22.6 Å². The van der Waals surface area contributed by atoms with E-state index in [2.05, 4.69) is 9.97 Å². The predicted octanol–water partition coefficient (Wildman–Crippen LogP) is 5.48. The van der Waals surface area contributed by atoms with Gasteiger partial charge in [0.2, 0.25) is 17.9 Å². The number of anilines is 1. The van der Waals surface area contributed by atoms with Gasteiger partial charge in [0.25, 0.3) is 0 Å². The SMILES string of the molecule is Nc1nc(CI)cc(OC(c2ccc(-c3cccc(F)c3)cc2)C(F)(F)F)n1. The third kappa shape index (κ3) is 4.89. The molecule has 4 nitrogen and oxygen atoms in total. The summed E-state index contributed by atoms with van der Waals surface area (Å²) in [6, 6.07) is 12.7. The molecule has 0 fully saturated rings. The fourth-order valence-corrected chi connectivity index (χ4v) is 2.97. The number of rotatable bonds is 5. The number of halogens is 5. The van der Waals surface area contributed by atoms with E-state index in [0.29, 0.717) is 21.2 Å². The number of alkyl halides is 4. The Hall–Kier alpha value is -2.43. The normalized spacial score (nSPS) is 12.6. The molecule has 0 spiro atoms. The van der Waals surface area contributed by atoms with Crippen LogP contribution in [0.2, 0.25) is 0 Å². The number of ether oxygens (including phenoxy) is 1. The van der Waals surface area contributed by atoms with Gasteiger partial charge in [-0.05, 0) is 23.3 Å². The number of benzene rings is 2. The molecule has 0 aliphatic heterocycles. The van der Waals surface area contributed by atoms with Gasteiger partial charge in [-0.2, -0.15) is 18.2 Å². The van der Waals surface area contributed by atoms with Crippen molar-refractivity contribution in [2.75, 3.05) is 5.73 Å². The molecule has 0 saturated heterocycles. The maximum Gasteiger partial charge on any atom is 0.429 e. The minimum Gasteiger partial charge on any atom is -0.460 e. The molecule has 0 aliphatic carbocycles. The lowest BCUT2D eigenvalue weighted by molar-refractivity contribution is -0.198. The summed E-state index contributed by atoms with van der Waals surface area (Å²) >= 11 is 2.01. The minimum atomic E-state index is -4.68. The largest absolute Gasteiger partial charge is 0.460 e. The lowest BCUT2D eigenvalue weighted by Crippen LogP contribution is -2.26. The van der Waals surface area contributed by atoms with Crippen molar-refractivity contribution >= 4 is 28.5 Å². The summed E-state index contributed by atoms with van der Waals surface area (Å²) in [7, 11) is 0. The molecule has 1 aromatic heterocycles. The number of nitrogen functional groups attached to an aromatic ring is 1. The quantitative estimate of drug-likeness (QED) is 0.285. The van der Waals surface area contributed by atoms with E-state index in [1.165, 1.54) is 48.5 Å². The van der Waals surface area contributed by atoms with Crippen LogP contribution in [0.5, 0.6) is 5.88 Å². The fraction of sp³-hybridized carbons (Fsp3) is 0.158. The van der Waals surface area contributed by atoms with Crippen molar-refractivity contribution in [1.29, 1.82) is 0 Å². The van der Waals surface area contributed by atoms with Crippen LogP contribution in [-0.4, -0.2) is 16.1 Å². The van der Waals surface area contributed by atoms with Crippen molar-refractivity contribution in [3.8, 4) is 17.0 Å².